The molecule has 0 aromatic heterocycles. The summed E-state index contributed by atoms with van der Waals surface area (Å²) >= 11 is 0. The van der Waals surface area contributed by atoms with Crippen LogP contribution in [0.2, 0.25) is 0 Å². The second-order valence-electron chi connectivity index (χ2n) is 20.8. The van der Waals surface area contributed by atoms with Crippen LogP contribution in [0.25, 0.3) is 0 Å². The standard InChI is InChI=1S/C55H63NO21/c1-27-33(73-50(68)41(62)39(30-16-10-7-11-17-30)56-48(66)31-18-12-8-13-19-31)23-55(69)47(76-49(67)32-20-14-9-15-21-32)45-53(6,46(65)44(72-28(2)58)38(27)52(55,4)5)35(22-36-54(45,26-71-36)77-29(3)59)75-37(60)25-70-51-43(64)42(63)40(61)34(24-57)74-51/h7-21,33-36,39-45,47,51,57,61-64,69H,22-26H2,1-6H3,(H,56,66)/t33-,34+,35-,36+,39-,40+,41+,42-,43+,44+,45-,47-,51?,53+,54-,55+/m0/s1. The van der Waals surface area contributed by atoms with Crippen LogP contribution in [0.5, 0.6) is 0 Å². The van der Waals surface area contributed by atoms with Crippen molar-refractivity contribution < 1.29 is 102 Å². The second kappa shape index (κ2) is 22.1. The highest BCUT2D eigenvalue weighted by atomic mass is 16.7. The summed E-state index contributed by atoms with van der Waals surface area (Å²) in [5, 5.41) is 69.7. The van der Waals surface area contributed by atoms with Crippen molar-refractivity contribution in [3.05, 3.63) is 119 Å². The normalized spacial score (nSPS) is 33.9. The molecule has 5 aliphatic rings. The number of fused-ring (bicyclic) bond motifs is 5. The predicted octanol–water partition coefficient (Wildman–Crippen LogP) is 1.10. The molecule has 7 N–H and O–H groups in total. The highest BCUT2D eigenvalue weighted by Crippen LogP contribution is 2.65. The molecule has 3 aromatic rings. The number of hydrogen-bond acceptors (Lipinski definition) is 21. The molecule has 4 fully saturated rings. The quantitative estimate of drug-likeness (QED) is 0.0637. The van der Waals surface area contributed by atoms with Crippen LogP contribution >= 0.6 is 0 Å². The molecule has 1 unspecified atom stereocenters. The van der Waals surface area contributed by atoms with E-state index in [1.54, 1.807) is 66.7 Å². The van der Waals surface area contributed by atoms with Gasteiger partial charge in [0.05, 0.1) is 36.2 Å². The van der Waals surface area contributed by atoms with Gasteiger partial charge in [-0.1, -0.05) is 80.6 Å². The number of nitrogens with one attached hydrogen (secondary N) is 1. The number of aliphatic hydroxyl groups is 6. The van der Waals surface area contributed by atoms with Gasteiger partial charge in [-0.05, 0) is 54.8 Å². The number of benzene rings is 3. The molecular formula is C55H63NO21. The van der Waals surface area contributed by atoms with Crippen molar-refractivity contribution in [3.63, 3.8) is 0 Å². The van der Waals surface area contributed by atoms with E-state index in [0.29, 0.717) is 5.56 Å². The van der Waals surface area contributed by atoms with Crippen LogP contribution in [-0.4, -0.2) is 171 Å². The first-order valence-corrected chi connectivity index (χ1v) is 25.0. The van der Waals surface area contributed by atoms with E-state index in [1.807, 2.05) is 0 Å². The number of carbonyl (C=O) groups excluding carboxylic acids is 7. The number of aliphatic hydroxyl groups excluding tert-OH is 5. The molecule has 22 nitrogen and oxygen atoms in total. The van der Waals surface area contributed by atoms with E-state index in [1.165, 1.54) is 52.0 Å². The Hall–Kier alpha value is -6.47. The fraction of sp³-hybridized carbons (Fsp3) is 0.509. The maximum Gasteiger partial charge on any atom is 0.338 e. The van der Waals surface area contributed by atoms with E-state index < -0.39 is 176 Å². The SMILES string of the molecule is CC(=O)O[C@H]1C(=O)[C@]2(C)[C@@H](OC(=O)COC3O[C@H](CO)[C@@H](O)[C@H](O)[C@H]3O)C[C@H]3OC[C@@]3(OC(C)=O)[C@H]2[C@H](OC(=O)c2ccccc2)[C@]2(O)C[C@H](OC(=O)[C@H](O)[C@@H](NC(=O)c3ccccc3)c3ccccc3)C(C)=C1C2(C)C. The number of amides is 1. The van der Waals surface area contributed by atoms with Crippen molar-refractivity contribution in [2.75, 3.05) is 19.8 Å². The van der Waals surface area contributed by atoms with Crippen LogP contribution in [0, 0.1) is 16.7 Å². The molecule has 8 rings (SSSR count). The first-order chi connectivity index (χ1) is 36.4. The van der Waals surface area contributed by atoms with E-state index >= 15 is 4.79 Å². The first kappa shape index (κ1) is 56.7. The van der Waals surface area contributed by atoms with Crippen molar-refractivity contribution in [1.82, 2.24) is 5.32 Å². The Morgan fingerprint density at radius 1 is 0.792 bits per heavy atom. The Labute approximate surface area is 442 Å². The number of esters is 5. The lowest BCUT2D eigenvalue weighted by Gasteiger charge is -2.67. The molecule has 0 radical (unpaired) electrons. The molecule has 1 amide bonds. The number of ketones is 1. The zero-order valence-corrected chi connectivity index (χ0v) is 43.0. The number of ether oxygens (including phenoxy) is 8. The van der Waals surface area contributed by atoms with Crippen LogP contribution < -0.4 is 5.32 Å². The molecule has 2 bridgehead atoms. The topological polar surface area (TPSA) is 327 Å². The second-order valence-corrected chi connectivity index (χ2v) is 20.8. The lowest BCUT2D eigenvalue weighted by molar-refractivity contribution is -0.347. The molecule has 22 heteroatoms. The number of carbonyl (C=O) groups is 7. The third-order valence-corrected chi connectivity index (χ3v) is 15.9. The summed E-state index contributed by atoms with van der Waals surface area (Å²) in [5.41, 5.74) is -8.35. The number of Topliss-reactive ketones (excluding diaryl/α,β-unsaturated/α-hetero) is 1. The van der Waals surface area contributed by atoms with Gasteiger partial charge in [-0.25, -0.2) is 14.4 Å². The van der Waals surface area contributed by atoms with Crippen molar-refractivity contribution in [2.24, 2.45) is 16.7 Å². The molecule has 3 aliphatic carbocycles. The van der Waals surface area contributed by atoms with Crippen molar-refractivity contribution >= 4 is 41.5 Å². The van der Waals surface area contributed by atoms with Crippen LogP contribution in [0.15, 0.2) is 102 Å². The molecule has 2 saturated heterocycles. The zero-order chi connectivity index (χ0) is 55.9. The Bertz CT molecular complexity index is 2750. The van der Waals surface area contributed by atoms with Gasteiger partial charge in [0.25, 0.3) is 5.91 Å². The van der Waals surface area contributed by atoms with Gasteiger partial charge >= 0.3 is 29.8 Å². The van der Waals surface area contributed by atoms with Crippen LogP contribution in [0.1, 0.15) is 86.7 Å². The molecule has 77 heavy (non-hydrogen) atoms. The first-order valence-electron chi connectivity index (χ1n) is 25.0. The Morgan fingerprint density at radius 2 is 1.40 bits per heavy atom. The van der Waals surface area contributed by atoms with Crippen LogP contribution in [0.3, 0.4) is 0 Å². The smallest absolute Gasteiger partial charge is 0.338 e. The van der Waals surface area contributed by atoms with Crippen molar-refractivity contribution in [1.29, 1.82) is 0 Å². The summed E-state index contributed by atoms with van der Waals surface area (Å²) in [6, 6.07) is 22.2. The number of hydrogen-bond donors (Lipinski definition) is 7. The minimum Gasteiger partial charge on any atom is -0.459 e. The molecule has 2 saturated carbocycles. The monoisotopic (exact) mass is 1070 g/mol. The van der Waals surface area contributed by atoms with E-state index in [2.05, 4.69) is 5.32 Å². The summed E-state index contributed by atoms with van der Waals surface area (Å²) < 4.78 is 47.8. The maximum atomic E-state index is 16.3. The Kier molecular flexibility index (Phi) is 16.3. The minimum absolute atomic E-state index is 0.0350. The lowest BCUT2D eigenvalue weighted by Crippen LogP contribution is -2.82. The molecular weight excluding hydrogens is 1010 g/mol. The fourth-order valence-corrected chi connectivity index (χ4v) is 11.9. The highest BCUT2D eigenvalue weighted by molar-refractivity contribution is 5.96. The van der Waals surface area contributed by atoms with E-state index in [4.69, 9.17) is 37.9 Å². The molecule has 16 atom stereocenters. The summed E-state index contributed by atoms with van der Waals surface area (Å²) in [4.78, 5) is 99.9. The van der Waals surface area contributed by atoms with Gasteiger partial charge in [0.2, 0.25) is 0 Å². The third kappa shape index (κ3) is 10.3. The molecule has 2 heterocycles. The molecule has 0 spiro atoms. The summed E-state index contributed by atoms with van der Waals surface area (Å²) in [5.74, 6) is -8.96. The molecule has 2 aliphatic heterocycles. The van der Waals surface area contributed by atoms with Crippen molar-refractivity contribution in [2.45, 2.75) is 139 Å². The van der Waals surface area contributed by atoms with Gasteiger partial charge in [-0.2, -0.15) is 0 Å². The van der Waals surface area contributed by atoms with E-state index in [-0.39, 0.29) is 22.3 Å². The van der Waals surface area contributed by atoms with Gasteiger partial charge in [-0.15, -0.1) is 0 Å². The van der Waals surface area contributed by atoms with Crippen LogP contribution in [-0.2, 0) is 61.9 Å². The van der Waals surface area contributed by atoms with E-state index in [9.17, 15) is 59.4 Å². The lowest BCUT2D eigenvalue weighted by atomic mass is 9.44. The largest absolute Gasteiger partial charge is 0.459 e. The average molecular weight is 1070 g/mol. The van der Waals surface area contributed by atoms with Gasteiger partial charge < -0.3 is 73.9 Å². The van der Waals surface area contributed by atoms with Gasteiger partial charge in [-0.3, -0.25) is 19.2 Å². The molecule has 414 valence electrons. The van der Waals surface area contributed by atoms with Gasteiger partial charge in [0, 0.05) is 37.7 Å². The Balaban J connectivity index is 1.26. The van der Waals surface area contributed by atoms with Crippen molar-refractivity contribution in [3.8, 4) is 0 Å². The zero-order valence-electron chi connectivity index (χ0n) is 43.0. The van der Waals surface area contributed by atoms with Crippen LogP contribution in [0.4, 0.5) is 0 Å². The third-order valence-electron chi connectivity index (χ3n) is 15.9. The Morgan fingerprint density at radius 3 is 1.97 bits per heavy atom. The molecule has 3 aromatic carbocycles. The van der Waals surface area contributed by atoms with Gasteiger partial charge in [0.1, 0.15) is 61.0 Å². The fourth-order valence-electron chi connectivity index (χ4n) is 11.9. The average Bonchev–Trinajstić information content (AvgIpc) is 3.56. The highest BCUT2D eigenvalue weighted by Gasteiger charge is 2.79. The van der Waals surface area contributed by atoms with Gasteiger partial charge in [0.15, 0.2) is 29.9 Å². The number of rotatable bonds is 15. The predicted molar refractivity (Wildman–Crippen MR) is 261 cm³/mol. The minimum atomic E-state index is -2.58. The summed E-state index contributed by atoms with van der Waals surface area (Å²) in [7, 11) is 0. The summed E-state index contributed by atoms with van der Waals surface area (Å²) in [6.07, 6.45) is -20.6. The maximum absolute atomic E-state index is 16.3. The van der Waals surface area contributed by atoms with E-state index in [0.717, 1.165) is 13.8 Å². The summed E-state index contributed by atoms with van der Waals surface area (Å²) in [6.45, 7) is 5.51.